The number of anilines is 1. The number of hydrogen-bond acceptors (Lipinski definition) is 4. The first-order chi connectivity index (χ1) is 16.1. The molecule has 1 aliphatic rings. The molecule has 1 aromatic heterocycles. The smallest absolute Gasteiger partial charge is 0.226 e. The minimum absolute atomic E-state index is 0.0580. The molecule has 6 nitrogen and oxygen atoms in total. The Bertz CT molecular complexity index is 1300. The number of amides is 1. The van der Waals surface area contributed by atoms with Crippen LogP contribution in [0.25, 0.3) is 11.3 Å². The molecule has 0 bridgehead atoms. The standard InChI is InChI=1S/C27H25N3O3/c1-17-7-6-8-18(13-17)16-33-22-12-11-20(14-23(22)32-2)21-15-24(31)28-27-25(21)26(29-30-27)19-9-4-3-5-10-19/h3-14,21H,15-16H2,1-2H3,(H2,28,29,30,31)/t21-/m1/s1. The summed E-state index contributed by atoms with van der Waals surface area (Å²) in [4.78, 5) is 12.4. The zero-order valence-corrected chi connectivity index (χ0v) is 18.6. The van der Waals surface area contributed by atoms with Gasteiger partial charge in [-0.1, -0.05) is 66.2 Å². The van der Waals surface area contributed by atoms with Gasteiger partial charge in [-0.3, -0.25) is 9.89 Å². The molecule has 0 fully saturated rings. The highest BCUT2D eigenvalue weighted by Crippen LogP contribution is 2.43. The average molecular weight is 440 g/mol. The summed E-state index contributed by atoms with van der Waals surface area (Å²) in [6, 6.07) is 24.1. The van der Waals surface area contributed by atoms with Crippen molar-refractivity contribution >= 4 is 11.7 Å². The fraction of sp³-hybridized carbons (Fsp3) is 0.185. The average Bonchev–Trinajstić information content (AvgIpc) is 3.26. The summed E-state index contributed by atoms with van der Waals surface area (Å²) < 4.78 is 11.7. The molecule has 1 amide bonds. The van der Waals surface area contributed by atoms with Gasteiger partial charge in [0.1, 0.15) is 6.61 Å². The molecular weight excluding hydrogens is 414 g/mol. The number of carbonyl (C=O) groups is 1. The maximum Gasteiger partial charge on any atom is 0.226 e. The van der Waals surface area contributed by atoms with Gasteiger partial charge in [-0.15, -0.1) is 0 Å². The Labute approximate surface area is 192 Å². The van der Waals surface area contributed by atoms with Crippen LogP contribution in [-0.4, -0.2) is 23.2 Å². The Morgan fingerprint density at radius 3 is 2.64 bits per heavy atom. The topological polar surface area (TPSA) is 76.2 Å². The number of aryl methyl sites for hydroxylation is 1. The first-order valence-electron chi connectivity index (χ1n) is 10.9. The van der Waals surface area contributed by atoms with Crippen molar-refractivity contribution in [3.63, 3.8) is 0 Å². The van der Waals surface area contributed by atoms with Crippen LogP contribution in [-0.2, 0) is 11.4 Å². The molecule has 0 aliphatic carbocycles. The van der Waals surface area contributed by atoms with E-state index in [0.717, 1.165) is 27.9 Å². The van der Waals surface area contributed by atoms with Crippen LogP contribution in [0.2, 0.25) is 0 Å². The highest BCUT2D eigenvalue weighted by atomic mass is 16.5. The van der Waals surface area contributed by atoms with Gasteiger partial charge in [-0.25, -0.2) is 0 Å². The van der Waals surface area contributed by atoms with Crippen molar-refractivity contribution in [1.82, 2.24) is 10.2 Å². The highest BCUT2D eigenvalue weighted by molar-refractivity contribution is 5.96. The van der Waals surface area contributed by atoms with E-state index < -0.39 is 0 Å². The van der Waals surface area contributed by atoms with Gasteiger partial charge >= 0.3 is 0 Å². The number of nitrogens with one attached hydrogen (secondary N) is 2. The molecule has 2 heterocycles. The first-order valence-corrected chi connectivity index (χ1v) is 10.9. The van der Waals surface area contributed by atoms with Crippen LogP contribution in [0.1, 0.15) is 34.6 Å². The maximum absolute atomic E-state index is 12.4. The zero-order chi connectivity index (χ0) is 22.8. The molecule has 4 aromatic rings. The fourth-order valence-corrected chi connectivity index (χ4v) is 4.35. The second-order valence-electron chi connectivity index (χ2n) is 8.22. The van der Waals surface area contributed by atoms with Crippen molar-refractivity contribution in [1.29, 1.82) is 0 Å². The van der Waals surface area contributed by atoms with Crippen LogP contribution in [0.3, 0.4) is 0 Å². The highest BCUT2D eigenvalue weighted by Gasteiger charge is 2.32. The third-order valence-corrected chi connectivity index (χ3v) is 5.93. The number of methoxy groups -OCH3 is 1. The molecule has 3 aromatic carbocycles. The normalized spacial score (nSPS) is 15.0. The van der Waals surface area contributed by atoms with E-state index in [4.69, 9.17) is 9.47 Å². The van der Waals surface area contributed by atoms with Crippen molar-refractivity contribution < 1.29 is 14.3 Å². The van der Waals surface area contributed by atoms with E-state index in [1.165, 1.54) is 5.56 Å². The van der Waals surface area contributed by atoms with Gasteiger partial charge in [0.15, 0.2) is 17.3 Å². The van der Waals surface area contributed by atoms with Crippen LogP contribution < -0.4 is 14.8 Å². The molecule has 0 saturated heterocycles. The van der Waals surface area contributed by atoms with E-state index in [1.54, 1.807) is 7.11 Å². The van der Waals surface area contributed by atoms with Crippen molar-refractivity contribution in [2.45, 2.75) is 25.9 Å². The summed E-state index contributed by atoms with van der Waals surface area (Å²) in [7, 11) is 1.63. The second-order valence-corrected chi connectivity index (χ2v) is 8.22. The molecule has 0 unspecified atom stereocenters. The Morgan fingerprint density at radius 2 is 1.85 bits per heavy atom. The predicted molar refractivity (Wildman–Crippen MR) is 128 cm³/mol. The van der Waals surface area contributed by atoms with Gasteiger partial charge in [0.2, 0.25) is 5.91 Å². The number of aromatic amines is 1. The lowest BCUT2D eigenvalue weighted by Crippen LogP contribution is -2.23. The molecule has 2 N–H and O–H groups in total. The monoisotopic (exact) mass is 439 g/mol. The van der Waals surface area contributed by atoms with Gasteiger partial charge in [-0.2, -0.15) is 5.10 Å². The lowest BCUT2D eigenvalue weighted by Gasteiger charge is -2.24. The summed E-state index contributed by atoms with van der Waals surface area (Å²) >= 11 is 0. The van der Waals surface area contributed by atoms with Crippen molar-refractivity contribution in [2.75, 3.05) is 12.4 Å². The number of carbonyl (C=O) groups excluding carboxylic acids is 1. The maximum atomic E-state index is 12.4. The Morgan fingerprint density at radius 1 is 1.00 bits per heavy atom. The lowest BCUT2D eigenvalue weighted by atomic mass is 9.84. The Hall–Kier alpha value is -4.06. The second kappa shape index (κ2) is 8.82. The molecule has 1 aliphatic heterocycles. The number of ether oxygens (including phenoxy) is 2. The van der Waals surface area contributed by atoms with Crippen molar-refractivity contribution in [3.05, 3.63) is 95.1 Å². The summed E-state index contributed by atoms with van der Waals surface area (Å²) in [5.41, 5.74) is 6.19. The summed E-state index contributed by atoms with van der Waals surface area (Å²) in [6.45, 7) is 2.51. The number of rotatable bonds is 6. The quantitative estimate of drug-likeness (QED) is 0.419. The van der Waals surface area contributed by atoms with Crippen molar-refractivity contribution in [3.8, 4) is 22.8 Å². The number of nitrogens with zero attached hydrogens (tertiary/aromatic N) is 1. The minimum Gasteiger partial charge on any atom is -0.493 e. The van der Waals surface area contributed by atoms with E-state index in [0.29, 0.717) is 30.3 Å². The third kappa shape index (κ3) is 4.20. The number of benzene rings is 3. The SMILES string of the molecule is COc1cc([C@H]2CC(=O)Nc3n[nH]c(-c4ccccc4)c32)ccc1OCc1cccc(C)c1. The number of H-pyrrole nitrogens is 1. The summed E-state index contributed by atoms with van der Waals surface area (Å²) in [5.74, 6) is 1.67. The van der Waals surface area contributed by atoms with E-state index in [-0.39, 0.29) is 11.8 Å². The Balaban J connectivity index is 1.47. The zero-order valence-electron chi connectivity index (χ0n) is 18.6. The lowest BCUT2D eigenvalue weighted by molar-refractivity contribution is -0.116. The summed E-state index contributed by atoms with van der Waals surface area (Å²) in [5, 5.41) is 10.4. The van der Waals surface area contributed by atoms with Gasteiger partial charge in [-0.05, 0) is 35.7 Å². The van der Waals surface area contributed by atoms with E-state index in [9.17, 15) is 4.79 Å². The van der Waals surface area contributed by atoms with Crippen molar-refractivity contribution in [2.24, 2.45) is 0 Å². The largest absolute Gasteiger partial charge is 0.493 e. The number of hydrogen-bond donors (Lipinski definition) is 2. The van der Waals surface area contributed by atoms with Crippen LogP contribution in [0.4, 0.5) is 5.82 Å². The van der Waals surface area contributed by atoms with Gasteiger partial charge < -0.3 is 14.8 Å². The van der Waals surface area contributed by atoms with Gasteiger partial charge in [0.05, 0.1) is 12.8 Å². The molecule has 0 radical (unpaired) electrons. The molecule has 0 saturated carbocycles. The Kier molecular flexibility index (Phi) is 5.57. The van der Waals surface area contributed by atoms with Crippen LogP contribution in [0.15, 0.2) is 72.8 Å². The van der Waals surface area contributed by atoms with Gasteiger partial charge in [0, 0.05) is 17.9 Å². The first kappa shape index (κ1) is 20.8. The van der Waals surface area contributed by atoms with E-state index >= 15 is 0 Å². The minimum atomic E-state index is -0.151. The molecule has 6 heteroatoms. The van der Waals surface area contributed by atoms with E-state index in [1.807, 2.05) is 60.7 Å². The third-order valence-electron chi connectivity index (χ3n) is 5.93. The number of fused-ring (bicyclic) bond motifs is 1. The molecule has 5 rings (SSSR count). The van der Waals surface area contributed by atoms with Crippen LogP contribution >= 0.6 is 0 Å². The molecular formula is C27H25N3O3. The molecule has 33 heavy (non-hydrogen) atoms. The van der Waals surface area contributed by atoms with Crippen LogP contribution in [0.5, 0.6) is 11.5 Å². The fourth-order valence-electron chi connectivity index (χ4n) is 4.35. The number of aromatic nitrogens is 2. The molecule has 166 valence electrons. The summed E-state index contributed by atoms with van der Waals surface area (Å²) in [6.07, 6.45) is 0.332. The molecule has 0 spiro atoms. The van der Waals surface area contributed by atoms with E-state index in [2.05, 4.69) is 34.6 Å². The predicted octanol–water partition coefficient (Wildman–Crippen LogP) is 5.45. The van der Waals surface area contributed by atoms with Crippen LogP contribution in [0, 0.1) is 6.92 Å². The van der Waals surface area contributed by atoms with Gasteiger partial charge in [0.25, 0.3) is 0 Å². The molecule has 1 atom stereocenters.